The Morgan fingerprint density at radius 2 is 2.10 bits per heavy atom. The van der Waals surface area contributed by atoms with E-state index in [-0.39, 0.29) is 6.04 Å². The van der Waals surface area contributed by atoms with Crippen molar-refractivity contribution in [2.45, 2.75) is 25.9 Å². The van der Waals surface area contributed by atoms with Crippen molar-refractivity contribution >= 4 is 10.9 Å². The van der Waals surface area contributed by atoms with E-state index in [1.54, 1.807) is 0 Å². The maximum absolute atomic E-state index is 4.77. The third kappa shape index (κ3) is 2.56. The molecule has 1 unspecified atom stereocenters. The summed E-state index contributed by atoms with van der Waals surface area (Å²) in [4.78, 5) is 4.46. The SMILES string of the molecule is CCn1nc(CC(NC)c2cn(C)cn2)c2ccccc21. The number of nitrogens with zero attached hydrogens (tertiary/aromatic N) is 4. The normalized spacial score (nSPS) is 12.9. The largest absolute Gasteiger partial charge is 0.340 e. The molecule has 0 radical (unpaired) electrons. The number of hydrogen-bond donors (Lipinski definition) is 1. The zero-order valence-corrected chi connectivity index (χ0v) is 12.7. The summed E-state index contributed by atoms with van der Waals surface area (Å²) in [6, 6.07) is 8.59. The standard InChI is InChI=1S/C16H21N5/c1-4-21-16-8-6-5-7-12(16)13(19-21)9-14(17-2)15-10-20(3)11-18-15/h5-8,10-11,14,17H,4,9H2,1-3H3. The van der Waals surface area contributed by atoms with Crippen LogP contribution in [0.25, 0.3) is 10.9 Å². The van der Waals surface area contributed by atoms with Gasteiger partial charge in [0.1, 0.15) is 0 Å². The van der Waals surface area contributed by atoms with Crippen LogP contribution in [-0.4, -0.2) is 26.4 Å². The Bertz CT molecular complexity index is 740. The van der Waals surface area contributed by atoms with Gasteiger partial charge in [0.15, 0.2) is 0 Å². The zero-order valence-electron chi connectivity index (χ0n) is 12.7. The molecule has 3 rings (SSSR count). The van der Waals surface area contributed by atoms with Crippen molar-refractivity contribution in [1.29, 1.82) is 0 Å². The van der Waals surface area contributed by atoms with Crippen LogP contribution in [0.1, 0.15) is 24.4 Å². The fourth-order valence-corrected chi connectivity index (χ4v) is 2.75. The van der Waals surface area contributed by atoms with Gasteiger partial charge in [0, 0.05) is 31.6 Å². The van der Waals surface area contributed by atoms with Gasteiger partial charge in [-0.3, -0.25) is 4.68 Å². The highest BCUT2D eigenvalue weighted by molar-refractivity contribution is 5.82. The van der Waals surface area contributed by atoms with Gasteiger partial charge < -0.3 is 9.88 Å². The number of aromatic nitrogens is 4. The lowest BCUT2D eigenvalue weighted by Crippen LogP contribution is -2.19. The third-order valence-corrected chi connectivity index (χ3v) is 3.86. The van der Waals surface area contributed by atoms with Crippen molar-refractivity contribution in [2.24, 2.45) is 7.05 Å². The van der Waals surface area contributed by atoms with Gasteiger partial charge in [-0.25, -0.2) is 4.98 Å². The number of nitrogens with one attached hydrogen (secondary N) is 1. The molecule has 0 spiro atoms. The van der Waals surface area contributed by atoms with Crippen molar-refractivity contribution in [2.75, 3.05) is 7.05 Å². The predicted octanol–water partition coefficient (Wildman–Crippen LogP) is 2.29. The number of hydrogen-bond acceptors (Lipinski definition) is 3. The Morgan fingerprint density at radius 1 is 1.29 bits per heavy atom. The lowest BCUT2D eigenvalue weighted by molar-refractivity contribution is 0.561. The maximum Gasteiger partial charge on any atom is 0.0947 e. The predicted molar refractivity (Wildman–Crippen MR) is 84.1 cm³/mol. The molecule has 0 fully saturated rings. The summed E-state index contributed by atoms with van der Waals surface area (Å²) >= 11 is 0. The van der Waals surface area contributed by atoms with Crippen LogP contribution in [0.2, 0.25) is 0 Å². The molecule has 0 aliphatic heterocycles. The molecule has 1 aromatic carbocycles. The quantitative estimate of drug-likeness (QED) is 0.781. The first-order valence-electron chi connectivity index (χ1n) is 7.32. The van der Waals surface area contributed by atoms with E-state index in [1.807, 2.05) is 25.0 Å². The molecule has 2 aromatic heterocycles. The Hall–Kier alpha value is -2.14. The highest BCUT2D eigenvalue weighted by atomic mass is 15.3. The van der Waals surface area contributed by atoms with E-state index in [0.29, 0.717) is 0 Å². The minimum atomic E-state index is 0.176. The number of imidazole rings is 1. The first kappa shape index (κ1) is 13.8. The maximum atomic E-state index is 4.77. The molecule has 1 atom stereocenters. The van der Waals surface area contributed by atoms with Crippen LogP contribution >= 0.6 is 0 Å². The molecule has 0 saturated carbocycles. The molecule has 3 aromatic rings. The van der Waals surface area contributed by atoms with E-state index >= 15 is 0 Å². The smallest absolute Gasteiger partial charge is 0.0947 e. The van der Waals surface area contributed by atoms with E-state index in [2.05, 4.69) is 52.4 Å². The summed E-state index contributed by atoms with van der Waals surface area (Å²) in [6.45, 7) is 3.01. The number of rotatable bonds is 5. The summed E-state index contributed by atoms with van der Waals surface area (Å²) < 4.78 is 4.04. The summed E-state index contributed by atoms with van der Waals surface area (Å²) in [7, 11) is 3.96. The van der Waals surface area contributed by atoms with Crippen LogP contribution < -0.4 is 5.32 Å². The molecular formula is C16H21N5. The molecule has 0 aliphatic carbocycles. The van der Waals surface area contributed by atoms with Crippen molar-refractivity contribution in [3.05, 3.63) is 48.2 Å². The summed E-state index contributed by atoms with van der Waals surface area (Å²) in [5, 5.41) is 9.35. The summed E-state index contributed by atoms with van der Waals surface area (Å²) in [5.41, 5.74) is 3.37. The molecule has 0 amide bonds. The number of aryl methyl sites for hydroxylation is 2. The first-order chi connectivity index (χ1) is 10.2. The van der Waals surface area contributed by atoms with Gasteiger partial charge in [0.2, 0.25) is 0 Å². The van der Waals surface area contributed by atoms with E-state index in [1.165, 1.54) is 10.9 Å². The van der Waals surface area contributed by atoms with Gasteiger partial charge >= 0.3 is 0 Å². The van der Waals surface area contributed by atoms with Crippen LogP contribution in [0.15, 0.2) is 36.8 Å². The second-order valence-corrected chi connectivity index (χ2v) is 5.29. The second kappa shape index (κ2) is 5.69. The fourth-order valence-electron chi connectivity index (χ4n) is 2.75. The van der Waals surface area contributed by atoms with Crippen LogP contribution in [0.3, 0.4) is 0 Å². The van der Waals surface area contributed by atoms with Crippen molar-refractivity contribution in [1.82, 2.24) is 24.6 Å². The number of para-hydroxylation sites is 1. The Balaban J connectivity index is 1.97. The van der Waals surface area contributed by atoms with Crippen LogP contribution in [0.4, 0.5) is 0 Å². The van der Waals surface area contributed by atoms with Crippen LogP contribution in [0, 0.1) is 0 Å². The first-order valence-corrected chi connectivity index (χ1v) is 7.32. The Morgan fingerprint density at radius 3 is 2.76 bits per heavy atom. The topological polar surface area (TPSA) is 47.7 Å². The van der Waals surface area contributed by atoms with Gasteiger partial charge in [-0.05, 0) is 20.0 Å². The average molecular weight is 283 g/mol. The third-order valence-electron chi connectivity index (χ3n) is 3.86. The molecule has 21 heavy (non-hydrogen) atoms. The van der Waals surface area contributed by atoms with E-state index in [0.717, 1.165) is 24.4 Å². The molecule has 2 heterocycles. The van der Waals surface area contributed by atoms with Crippen molar-refractivity contribution in [3.8, 4) is 0 Å². The molecule has 110 valence electrons. The minimum Gasteiger partial charge on any atom is -0.340 e. The second-order valence-electron chi connectivity index (χ2n) is 5.29. The van der Waals surface area contributed by atoms with Gasteiger partial charge in [0.05, 0.1) is 29.3 Å². The lowest BCUT2D eigenvalue weighted by Gasteiger charge is -2.12. The molecule has 1 N–H and O–H groups in total. The minimum absolute atomic E-state index is 0.176. The monoisotopic (exact) mass is 283 g/mol. The lowest BCUT2D eigenvalue weighted by atomic mass is 10.1. The van der Waals surface area contributed by atoms with Crippen molar-refractivity contribution in [3.63, 3.8) is 0 Å². The van der Waals surface area contributed by atoms with E-state index in [4.69, 9.17) is 5.10 Å². The van der Waals surface area contributed by atoms with Gasteiger partial charge in [0.25, 0.3) is 0 Å². The average Bonchev–Trinajstić information content (AvgIpc) is 3.09. The highest BCUT2D eigenvalue weighted by Crippen LogP contribution is 2.23. The molecule has 0 saturated heterocycles. The number of fused-ring (bicyclic) bond motifs is 1. The number of likely N-dealkylation sites (N-methyl/N-ethyl adjacent to an activating group) is 1. The van der Waals surface area contributed by atoms with Crippen molar-refractivity contribution < 1.29 is 0 Å². The van der Waals surface area contributed by atoms with E-state index in [9.17, 15) is 0 Å². The fraction of sp³-hybridized carbons (Fsp3) is 0.375. The molecule has 0 aliphatic rings. The highest BCUT2D eigenvalue weighted by Gasteiger charge is 2.17. The molecular weight excluding hydrogens is 262 g/mol. The summed E-state index contributed by atoms with van der Waals surface area (Å²) in [5.74, 6) is 0. The van der Waals surface area contributed by atoms with Gasteiger partial charge in [-0.1, -0.05) is 18.2 Å². The molecule has 5 nitrogen and oxygen atoms in total. The molecule has 0 bridgehead atoms. The number of benzene rings is 1. The Labute approximate surface area is 124 Å². The van der Waals surface area contributed by atoms with Crippen LogP contribution in [-0.2, 0) is 20.0 Å². The van der Waals surface area contributed by atoms with E-state index < -0.39 is 0 Å². The zero-order chi connectivity index (χ0) is 14.8. The van der Waals surface area contributed by atoms with Crippen LogP contribution in [0.5, 0.6) is 0 Å². The van der Waals surface area contributed by atoms with Gasteiger partial charge in [-0.15, -0.1) is 0 Å². The Kier molecular flexibility index (Phi) is 3.75. The summed E-state index contributed by atoms with van der Waals surface area (Å²) in [6.07, 6.45) is 4.73. The van der Waals surface area contributed by atoms with Gasteiger partial charge in [-0.2, -0.15) is 5.10 Å². The molecule has 5 heteroatoms.